The molecule has 1 fully saturated rings. The molecule has 1 aromatic carbocycles. The van der Waals surface area contributed by atoms with E-state index in [2.05, 4.69) is 4.74 Å². The van der Waals surface area contributed by atoms with Crippen LogP contribution in [-0.4, -0.2) is 27.1 Å². The van der Waals surface area contributed by atoms with Gasteiger partial charge in [-0.05, 0) is 24.6 Å². The van der Waals surface area contributed by atoms with Crippen molar-refractivity contribution >= 4 is 16.1 Å². The molecule has 2 rings (SSSR count). The molecule has 1 aliphatic rings. The first-order valence-electron chi connectivity index (χ1n) is 5.16. The largest absolute Gasteiger partial charge is 0.464 e. The molecule has 0 radical (unpaired) electrons. The van der Waals surface area contributed by atoms with Gasteiger partial charge in [0.1, 0.15) is 0 Å². The molecule has 1 unspecified atom stereocenters. The van der Waals surface area contributed by atoms with Crippen LogP contribution in [0.3, 0.4) is 0 Å². The molecular weight excluding hydrogens is 244 g/mol. The van der Waals surface area contributed by atoms with Crippen LogP contribution in [0.25, 0.3) is 0 Å². The third kappa shape index (κ3) is 2.65. The molecule has 0 aromatic heterocycles. The number of hydrogen-bond acceptors (Lipinski definition) is 5. The number of cyclic esters (lactones) is 1. The van der Waals surface area contributed by atoms with Gasteiger partial charge < -0.3 is 4.74 Å². The third-order valence-electron chi connectivity index (χ3n) is 2.41. The van der Waals surface area contributed by atoms with Gasteiger partial charge in [0, 0.05) is 6.42 Å². The van der Waals surface area contributed by atoms with Gasteiger partial charge >= 0.3 is 5.97 Å². The van der Waals surface area contributed by atoms with Crippen LogP contribution in [0.2, 0.25) is 0 Å². The van der Waals surface area contributed by atoms with E-state index in [1.54, 1.807) is 19.1 Å². The SMILES string of the molecule is Cc1cccc(S(=O)(=O)OC2CCOC2=O)c1. The standard InChI is InChI=1S/C11H12O5S/c1-8-3-2-4-9(7-8)17(13,14)16-10-5-6-15-11(10)12/h2-4,7,10H,5-6H2,1H3. The molecule has 17 heavy (non-hydrogen) atoms. The van der Waals surface area contributed by atoms with Crippen LogP contribution in [-0.2, 0) is 23.8 Å². The van der Waals surface area contributed by atoms with E-state index in [0.29, 0.717) is 0 Å². The minimum atomic E-state index is -3.90. The molecular formula is C11H12O5S. The minimum absolute atomic E-state index is 0.0530. The van der Waals surface area contributed by atoms with E-state index in [-0.39, 0.29) is 17.9 Å². The van der Waals surface area contributed by atoms with Crippen LogP contribution >= 0.6 is 0 Å². The number of benzene rings is 1. The van der Waals surface area contributed by atoms with E-state index in [4.69, 9.17) is 4.18 Å². The molecule has 5 nitrogen and oxygen atoms in total. The van der Waals surface area contributed by atoms with Crippen molar-refractivity contribution in [2.24, 2.45) is 0 Å². The number of carbonyl (C=O) groups is 1. The number of carbonyl (C=O) groups excluding carboxylic acids is 1. The van der Waals surface area contributed by atoms with Crippen molar-refractivity contribution in [1.82, 2.24) is 0 Å². The van der Waals surface area contributed by atoms with Crippen LogP contribution in [0.15, 0.2) is 29.2 Å². The Morgan fingerprint density at radius 2 is 2.18 bits per heavy atom. The summed E-state index contributed by atoms with van der Waals surface area (Å²) < 4.78 is 33.2. The molecule has 0 amide bonds. The van der Waals surface area contributed by atoms with E-state index in [1.807, 2.05) is 0 Å². The number of esters is 1. The molecule has 6 heteroatoms. The lowest BCUT2D eigenvalue weighted by Gasteiger charge is -2.08. The van der Waals surface area contributed by atoms with Crippen molar-refractivity contribution in [3.8, 4) is 0 Å². The molecule has 1 saturated heterocycles. The molecule has 1 atom stereocenters. The Morgan fingerprint density at radius 1 is 1.41 bits per heavy atom. The Hall–Kier alpha value is -1.40. The maximum atomic E-state index is 11.9. The van der Waals surface area contributed by atoms with E-state index in [0.717, 1.165) is 5.56 Å². The highest BCUT2D eigenvalue weighted by Gasteiger charge is 2.33. The Kier molecular flexibility index (Phi) is 3.17. The fraction of sp³-hybridized carbons (Fsp3) is 0.364. The first-order chi connectivity index (χ1) is 7.99. The van der Waals surface area contributed by atoms with Gasteiger partial charge in [-0.1, -0.05) is 12.1 Å². The summed E-state index contributed by atoms with van der Waals surface area (Å²) in [5.74, 6) is -0.624. The van der Waals surface area contributed by atoms with Crippen molar-refractivity contribution in [2.45, 2.75) is 24.3 Å². The summed E-state index contributed by atoms with van der Waals surface area (Å²) in [6.07, 6.45) is -0.746. The van der Waals surface area contributed by atoms with Gasteiger partial charge in [0.2, 0.25) is 0 Å². The topological polar surface area (TPSA) is 69.7 Å². The number of rotatable bonds is 3. The lowest BCUT2D eigenvalue weighted by molar-refractivity contribution is -0.143. The number of hydrogen-bond donors (Lipinski definition) is 0. The van der Waals surface area contributed by atoms with Crippen molar-refractivity contribution < 1.29 is 22.1 Å². The van der Waals surface area contributed by atoms with Crippen molar-refractivity contribution in [1.29, 1.82) is 0 Å². The highest BCUT2D eigenvalue weighted by molar-refractivity contribution is 7.86. The predicted molar refractivity (Wildman–Crippen MR) is 58.8 cm³/mol. The van der Waals surface area contributed by atoms with Gasteiger partial charge in [0.05, 0.1) is 11.5 Å². The average Bonchev–Trinajstić information content (AvgIpc) is 2.64. The second-order valence-electron chi connectivity index (χ2n) is 3.81. The summed E-state index contributed by atoms with van der Waals surface area (Å²) in [7, 11) is -3.90. The Bertz CT molecular complexity index is 535. The van der Waals surface area contributed by atoms with E-state index < -0.39 is 22.2 Å². The van der Waals surface area contributed by atoms with Crippen molar-refractivity contribution in [3.05, 3.63) is 29.8 Å². The monoisotopic (exact) mass is 256 g/mol. The molecule has 0 bridgehead atoms. The molecule has 0 aliphatic carbocycles. The molecule has 0 saturated carbocycles. The van der Waals surface area contributed by atoms with Crippen LogP contribution in [0.1, 0.15) is 12.0 Å². The zero-order valence-electron chi connectivity index (χ0n) is 9.25. The molecule has 92 valence electrons. The summed E-state index contributed by atoms with van der Waals surface area (Å²) >= 11 is 0. The van der Waals surface area contributed by atoms with E-state index in [1.165, 1.54) is 12.1 Å². The molecule has 1 aromatic rings. The Labute approximate surface area is 99.5 Å². The first kappa shape index (κ1) is 12.1. The van der Waals surface area contributed by atoms with Crippen molar-refractivity contribution in [2.75, 3.05) is 6.61 Å². The number of aryl methyl sites for hydroxylation is 1. The summed E-state index contributed by atoms with van der Waals surface area (Å²) in [6, 6.07) is 6.33. The maximum absolute atomic E-state index is 11.9. The zero-order valence-corrected chi connectivity index (χ0v) is 10.1. The lowest BCUT2D eigenvalue weighted by atomic mass is 10.2. The smallest absolute Gasteiger partial charge is 0.336 e. The zero-order chi connectivity index (χ0) is 12.5. The van der Waals surface area contributed by atoms with Gasteiger partial charge in [-0.3, -0.25) is 4.18 Å². The summed E-state index contributed by atoms with van der Waals surface area (Å²) in [6.45, 7) is 1.98. The quantitative estimate of drug-likeness (QED) is 0.596. The van der Waals surface area contributed by atoms with E-state index >= 15 is 0 Å². The second-order valence-corrected chi connectivity index (χ2v) is 5.38. The first-order valence-corrected chi connectivity index (χ1v) is 6.56. The summed E-state index contributed by atoms with van der Waals surface area (Å²) in [5.41, 5.74) is 0.809. The van der Waals surface area contributed by atoms with Gasteiger partial charge in [0.15, 0.2) is 6.10 Å². The van der Waals surface area contributed by atoms with Crippen LogP contribution in [0, 0.1) is 6.92 Å². The summed E-state index contributed by atoms with van der Waals surface area (Å²) in [5, 5.41) is 0. The van der Waals surface area contributed by atoms with Gasteiger partial charge in [-0.2, -0.15) is 8.42 Å². The normalized spacial score (nSPS) is 20.3. The number of ether oxygens (including phenoxy) is 1. The average molecular weight is 256 g/mol. The molecule has 1 aliphatic heterocycles. The van der Waals surface area contributed by atoms with Crippen LogP contribution in [0.4, 0.5) is 0 Å². The van der Waals surface area contributed by atoms with Gasteiger partial charge in [-0.15, -0.1) is 0 Å². The minimum Gasteiger partial charge on any atom is -0.464 e. The second kappa shape index (κ2) is 4.46. The highest BCUT2D eigenvalue weighted by atomic mass is 32.2. The van der Waals surface area contributed by atoms with Gasteiger partial charge in [-0.25, -0.2) is 4.79 Å². The van der Waals surface area contributed by atoms with Crippen LogP contribution < -0.4 is 0 Å². The van der Waals surface area contributed by atoms with Gasteiger partial charge in [0.25, 0.3) is 10.1 Å². The Balaban J connectivity index is 2.22. The molecule has 0 spiro atoms. The fourth-order valence-corrected chi connectivity index (χ4v) is 2.71. The highest BCUT2D eigenvalue weighted by Crippen LogP contribution is 2.19. The third-order valence-corrected chi connectivity index (χ3v) is 3.73. The Morgan fingerprint density at radius 3 is 2.76 bits per heavy atom. The predicted octanol–water partition coefficient (Wildman–Crippen LogP) is 1.02. The lowest BCUT2D eigenvalue weighted by Crippen LogP contribution is -2.22. The fourth-order valence-electron chi connectivity index (χ4n) is 1.54. The van der Waals surface area contributed by atoms with Crippen LogP contribution in [0.5, 0.6) is 0 Å². The molecule has 0 N–H and O–H groups in total. The summed E-state index contributed by atoms with van der Waals surface area (Å²) in [4.78, 5) is 11.2. The molecule has 1 heterocycles. The van der Waals surface area contributed by atoms with Crippen molar-refractivity contribution in [3.63, 3.8) is 0 Å². The van der Waals surface area contributed by atoms with E-state index in [9.17, 15) is 13.2 Å². The maximum Gasteiger partial charge on any atom is 0.336 e.